The van der Waals surface area contributed by atoms with E-state index in [0.717, 1.165) is 13.1 Å². The molecule has 1 atom stereocenters. The van der Waals surface area contributed by atoms with E-state index in [1.165, 1.54) is 30.4 Å². The zero-order valence-corrected chi connectivity index (χ0v) is 11.4. The van der Waals surface area contributed by atoms with Crippen molar-refractivity contribution in [2.24, 2.45) is 0 Å². The van der Waals surface area contributed by atoms with Gasteiger partial charge in [-0.05, 0) is 54.8 Å². The lowest BCUT2D eigenvalue weighted by molar-refractivity contribution is 0.335. The summed E-state index contributed by atoms with van der Waals surface area (Å²) in [5.74, 6) is 0.685. The second kappa shape index (κ2) is 5.22. The number of nitrogens with one attached hydrogen (secondary N) is 1. The zero-order chi connectivity index (χ0) is 12.3. The van der Waals surface area contributed by atoms with Crippen molar-refractivity contribution in [3.63, 3.8) is 0 Å². The van der Waals surface area contributed by atoms with Crippen LogP contribution in [0.25, 0.3) is 0 Å². The molecule has 1 heteroatoms. The topological polar surface area (TPSA) is 12.0 Å². The van der Waals surface area contributed by atoms with E-state index < -0.39 is 0 Å². The van der Waals surface area contributed by atoms with Gasteiger partial charge in [0.15, 0.2) is 0 Å². The average molecular weight is 231 g/mol. The summed E-state index contributed by atoms with van der Waals surface area (Å²) < 4.78 is 0. The lowest BCUT2D eigenvalue weighted by Crippen LogP contribution is -2.37. The molecule has 94 valence electrons. The van der Waals surface area contributed by atoms with E-state index in [2.05, 4.69) is 50.4 Å². The number of benzene rings is 1. The molecule has 0 spiro atoms. The van der Waals surface area contributed by atoms with Crippen LogP contribution in [0.3, 0.4) is 0 Å². The average Bonchev–Trinajstić information content (AvgIpc) is 2.39. The molecule has 0 saturated carbocycles. The summed E-state index contributed by atoms with van der Waals surface area (Å²) in [5.41, 5.74) is 3.39. The van der Waals surface area contributed by atoms with Crippen LogP contribution in [0, 0.1) is 0 Å². The highest BCUT2D eigenvalue weighted by molar-refractivity contribution is 5.30. The van der Waals surface area contributed by atoms with Gasteiger partial charge in [0.2, 0.25) is 0 Å². The second-order valence-electron chi connectivity index (χ2n) is 5.74. The van der Waals surface area contributed by atoms with Crippen molar-refractivity contribution in [3.8, 4) is 0 Å². The Bertz CT molecular complexity index is 346. The van der Waals surface area contributed by atoms with E-state index in [1.807, 2.05) is 0 Å². The predicted octanol–water partition coefficient (Wildman–Crippen LogP) is 3.84. The first-order valence-corrected chi connectivity index (χ1v) is 6.97. The fraction of sp³-hybridized carbons (Fsp3) is 0.625. The van der Waals surface area contributed by atoms with E-state index in [4.69, 9.17) is 0 Å². The van der Waals surface area contributed by atoms with Crippen molar-refractivity contribution in [3.05, 3.63) is 35.4 Å². The molecule has 1 aromatic carbocycles. The lowest BCUT2D eigenvalue weighted by Gasteiger charge is -2.34. The highest BCUT2D eigenvalue weighted by atomic mass is 14.9. The number of piperidine rings is 1. The molecule has 1 heterocycles. The predicted molar refractivity (Wildman–Crippen MR) is 74.6 cm³/mol. The van der Waals surface area contributed by atoms with Gasteiger partial charge in [0.1, 0.15) is 0 Å². The second-order valence-corrected chi connectivity index (χ2v) is 5.74. The monoisotopic (exact) mass is 231 g/mol. The standard InChI is InChI=1S/C16H25N/c1-4-13(2)14-5-7-15(8-6-14)16(3)9-11-17-12-10-16/h5-8,13,17H,4,9-12H2,1-3H3. The van der Waals surface area contributed by atoms with Crippen LogP contribution in [0.2, 0.25) is 0 Å². The van der Waals surface area contributed by atoms with E-state index in [1.54, 1.807) is 0 Å². The first kappa shape index (κ1) is 12.6. The maximum atomic E-state index is 3.45. The third-order valence-electron chi connectivity index (χ3n) is 4.50. The van der Waals surface area contributed by atoms with Crippen molar-refractivity contribution < 1.29 is 0 Å². The number of hydrogen-bond donors (Lipinski definition) is 1. The Morgan fingerprint density at radius 3 is 2.29 bits per heavy atom. The van der Waals surface area contributed by atoms with Crippen LogP contribution in [0.4, 0.5) is 0 Å². The summed E-state index contributed by atoms with van der Waals surface area (Å²) in [7, 11) is 0. The number of rotatable bonds is 3. The first-order valence-electron chi connectivity index (χ1n) is 6.97. The quantitative estimate of drug-likeness (QED) is 0.833. The van der Waals surface area contributed by atoms with Crippen LogP contribution >= 0.6 is 0 Å². The summed E-state index contributed by atoms with van der Waals surface area (Å²) in [6.07, 6.45) is 3.74. The molecule has 0 radical (unpaired) electrons. The minimum absolute atomic E-state index is 0.388. The summed E-state index contributed by atoms with van der Waals surface area (Å²) in [5, 5.41) is 3.45. The molecule has 2 rings (SSSR count). The Kier molecular flexibility index (Phi) is 3.88. The van der Waals surface area contributed by atoms with Crippen molar-refractivity contribution in [1.29, 1.82) is 0 Å². The van der Waals surface area contributed by atoms with E-state index >= 15 is 0 Å². The highest BCUT2D eigenvalue weighted by Crippen LogP contribution is 2.33. The summed E-state index contributed by atoms with van der Waals surface area (Å²) in [4.78, 5) is 0. The molecule has 17 heavy (non-hydrogen) atoms. The Labute approximate surface area is 106 Å². The third-order valence-corrected chi connectivity index (χ3v) is 4.50. The SMILES string of the molecule is CCC(C)c1ccc(C2(C)CCNCC2)cc1. The Morgan fingerprint density at radius 1 is 1.18 bits per heavy atom. The normalized spacial score (nSPS) is 21.1. The molecule has 1 nitrogen and oxygen atoms in total. The Balaban J connectivity index is 2.16. The largest absolute Gasteiger partial charge is 0.317 e. The smallest absolute Gasteiger partial charge is 0.00405 e. The van der Waals surface area contributed by atoms with E-state index in [9.17, 15) is 0 Å². The lowest BCUT2D eigenvalue weighted by atomic mass is 9.74. The Hall–Kier alpha value is -0.820. The van der Waals surface area contributed by atoms with Gasteiger partial charge in [0.25, 0.3) is 0 Å². The minimum atomic E-state index is 0.388. The summed E-state index contributed by atoms with van der Waals surface area (Å²) in [6, 6.07) is 9.37. The summed E-state index contributed by atoms with van der Waals surface area (Å²) >= 11 is 0. The number of hydrogen-bond acceptors (Lipinski definition) is 1. The first-order chi connectivity index (χ1) is 8.15. The maximum Gasteiger partial charge on any atom is -0.00405 e. The van der Waals surface area contributed by atoms with Crippen LogP contribution in [0.15, 0.2) is 24.3 Å². The summed E-state index contributed by atoms with van der Waals surface area (Å²) in [6.45, 7) is 9.28. The molecule has 0 amide bonds. The van der Waals surface area contributed by atoms with Gasteiger partial charge in [0.05, 0.1) is 0 Å². The van der Waals surface area contributed by atoms with Gasteiger partial charge < -0.3 is 5.32 Å². The van der Waals surface area contributed by atoms with E-state index in [-0.39, 0.29) is 0 Å². The van der Waals surface area contributed by atoms with Crippen LogP contribution < -0.4 is 5.32 Å². The van der Waals surface area contributed by atoms with Gasteiger partial charge in [-0.1, -0.05) is 45.0 Å². The molecule has 1 fully saturated rings. The fourth-order valence-electron chi connectivity index (χ4n) is 2.72. The molecule has 0 aromatic heterocycles. The molecule has 0 bridgehead atoms. The maximum absolute atomic E-state index is 3.45. The van der Waals surface area contributed by atoms with Crippen molar-refractivity contribution in [2.45, 2.75) is 51.4 Å². The van der Waals surface area contributed by atoms with Gasteiger partial charge in [0, 0.05) is 0 Å². The van der Waals surface area contributed by atoms with Gasteiger partial charge in [-0.25, -0.2) is 0 Å². The van der Waals surface area contributed by atoms with Crippen LogP contribution in [0.5, 0.6) is 0 Å². The minimum Gasteiger partial charge on any atom is -0.317 e. The van der Waals surface area contributed by atoms with Gasteiger partial charge >= 0.3 is 0 Å². The molecule has 1 saturated heterocycles. The fourth-order valence-corrected chi connectivity index (χ4v) is 2.72. The Morgan fingerprint density at radius 2 is 1.76 bits per heavy atom. The molecule has 1 aliphatic heterocycles. The van der Waals surface area contributed by atoms with Crippen LogP contribution in [-0.2, 0) is 5.41 Å². The molecule has 1 aromatic rings. The van der Waals surface area contributed by atoms with Crippen molar-refractivity contribution in [2.75, 3.05) is 13.1 Å². The molecule has 1 N–H and O–H groups in total. The molecule has 1 aliphatic rings. The molecule has 0 aliphatic carbocycles. The van der Waals surface area contributed by atoms with E-state index in [0.29, 0.717) is 11.3 Å². The molecular weight excluding hydrogens is 206 g/mol. The molecular formula is C16H25N. The highest BCUT2D eigenvalue weighted by Gasteiger charge is 2.28. The van der Waals surface area contributed by atoms with Gasteiger partial charge in [-0.15, -0.1) is 0 Å². The van der Waals surface area contributed by atoms with Gasteiger partial charge in [-0.3, -0.25) is 0 Å². The third kappa shape index (κ3) is 2.71. The zero-order valence-electron chi connectivity index (χ0n) is 11.4. The molecule has 1 unspecified atom stereocenters. The van der Waals surface area contributed by atoms with Crippen LogP contribution in [-0.4, -0.2) is 13.1 Å². The van der Waals surface area contributed by atoms with Gasteiger partial charge in [-0.2, -0.15) is 0 Å². The van der Waals surface area contributed by atoms with Crippen LogP contribution in [0.1, 0.15) is 57.1 Å². The van der Waals surface area contributed by atoms with Crippen molar-refractivity contribution >= 4 is 0 Å². The van der Waals surface area contributed by atoms with Crippen molar-refractivity contribution in [1.82, 2.24) is 5.32 Å².